The Kier molecular flexibility index (Phi) is 4.39. The number of aromatic nitrogens is 2. The van der Waals surface area contributed by atoms with E-state index in [0.717, 1.165) is 5.03 Å². The molecule has 0 unspecified atom stereocenters. The Hall–Kier alpha value is -1.60. The highest BCUT2D eigenvalue weighted by Crippen LogP contribution is 2.14. The number of aromatic amines is 1. The van der Waals surface area contributed by atoms with Crippen molar-refractivity contribution in [3.63, 3.8) is 0 Å². The number of H-pyrrole nitrogens is 1. The lowest BCUT2D eigenvalue weighted by molar-refractivity contribution is 0.102. The summed E-state index contributed by atoms with van der Waals surface area (Å²) in [5, 5.41) is 3.32. The highest BCUT2D eigenvalue weighted by Gasteiger charge is 2.09. The molecule has 2 N–H and O–H groups in total. The van der Waals surface area contributed by atoms with Crippen molar-refractivity contribution in [3.8, 4) is 0 Å². The van der Waals surface area contributed by atoms with Crippen molar-refractivity contribution >= 4 is 39.3 Å². The predicted molar refractivity (Wildman–Crippen MR) is 78.7 cm³/mol. The van der Waals surface area contributed by atoms with Crippen LogP contribution in [0.2, 0.25) is 0 Å². The van der Waals surface area contributed by atoms with Crippen LogP contribution in [0.15, 0.2) is 44.9 Å². The van der Waals surface area contributed by atoms with Gasteiger partial charge in [-0.15, -0.1) is 11.8 Å². The van der Waals surface area contributed by atoms with Gasteiger partial charge in [-0.2, -0.15) is 0 Å². The van der Waals surface area contributed by atoms with Crippen molar-refractivity contribution in [1.29, 1.82) is 0 Å². The van der Waals surface area contributed by atoms with Gasteiger partial charge in [-0.3, -0.25) is 9.59 Å². The zero-order chi connectivity index (χ0) is 13.8. The largest absolute Gasteiger partial charge is 0.326 e. The molecule has 19 heavy (non-hydrogen) atoms. The Morgan fingerprint density at radius 3 is 3.00 bits per heavy atom. The maximum atomic E-state index is 12.0. The first-order chi connectivity index (χ1) is 9.10. The molecule has 98 valence electrons. The van der Waals surface area contributed by atoms with E-state index in [4.69, 9.17) is 0 Å². The van der Waals surface area contributed by atoms with E-state index in [1.54, 1.807) is 24.4 Å². The van der Waals surface area contributed by atoms with E-state index in [1.165, 1.54) is 18.0 Å². The van der Waals surface area contributed by atoms with Crippen molar-refractivity contribution in [1.82, 2.24) is 9.97 Å². The Morgan fingerprint density at radius 2 is 2.26 bits per heavy atom. The molecule has 0 radical (unpaired) electrons. The van der Waals surface area contributed by atoms with Crippen molar-refractivity contribution in [3.05, 3.63) is 51.0 Å². The van der Waals surface area contributed by atoms with Gasteiger partial charge >= 0.3 is 0 Å². The molecule has 0 saturated carbocycles. The van der Waals surface area contributed by atoms with E-state index in [2.05, 4.69) is 31.2 Å². The van der Waals surface area contributed by atoms with Gasteiger partial charge in [0.15, 0.2) is 0 Å². The van der Waals surface area contributed by atoms with E-state index < -0.39 is 0 Å². The summed E-state index contributed by atoms with van der Waals surface area (Å²) in [6.45, 7) is 0. The van der Waals surface area contributed by atoms with Crippen LogP contribution in [0.25, 0.3) is 0 Å². The number of anilines is 1. The van der Waals surface area contributed by atoms with E-state index in [0.29, 0.717) is 10.0 Å². The fraction of sp³-hybridized carbons (Fsp3) is 0.0833. The lowest BCUT2D eigenvalue weighted by atomic mass is 10.2. The van der Waals surface area contributed by atoms with Crippen LogP contribution in [0.5, 0.6) is 0 Å². The number of halogens is 1. The fourth-order valence-electron chi connectivity index (χ4n) is 1.41. The SMILES string of the molecule is CSc1cc(C(=O)Nc2cc(Br)c[nH]c2=O)ccn1. The maximum Gasteiger partial charge on any atom is 0.271 e. The van der Waals surface area contributed by atoms with Crippen molar-refractivity contribution in [2.24, 2.45) is 0 Å². The molecule has 1 amide bonds. The van der Waals surface area contributed by atoms with Crippen LogP contribution in [0.3, 0.4) is 0 Å². The third kappa shape index (κ3) is 3.45. The molecular weight excluding hydrogens is 330 g/mol. The highest BCUT2D eigenvalue weighted by molar-refractivity contribution is 9.10. The second-order valence-electron chi connectivity index (χ2n) is 3.60. The normalized spacial score (nSPS) is 10.2. The number of pyridine rings is 2. The van der Waals surface area contributed by atoms with Gasteiger partial charge in [-0.05, 0) is 40.4 Å². The maximum absolute atomic E-state index is 12.0. The summed E-state index contributed by atoms with van der Waals surface area (Å²) in [4.78, 5) is 30.2. The summed E-state index contributed by atoms with van der Waals surface area (Å²) in [5.41, 5.74) is 0.302. The first-order valence-electron chi connectivity index (χ1n) is 5.30. The highest BCUT2D eigenvalue weighted by atomic mass is 79.9. The second-order valence-corrected chi connectivity index (χ2v) is 5.34. The molecule has 0 fully saturated rings. The van der Waals surface area contributed by atoms with E-state index in [9.17, 15) is 9.59 Å². The molecule has 2 aromatic heterocycles. The van der Waals surface area contributed by atoms with Crippen LogP contribution >= 0.6 is 27.7 Å². The van der Waals surface area contributed by atoms with E-state index in [-0.39, 0.29) is 17.2 Å². The number of carbonyl (C=O) groups is 1. The second kappa shape index (κ2) is 6.03. The van der Waals surface area contributed by atoms with Crippen LogP contribution in [0.4, 0.5) is 5.69 Å². The number of rotatable bonds is 3. The van der Waals surface area contributed by atoms with Gasteiger partial charge in [0.05, 0.1) is 5.03 Å². The molecule has 0 bridgehead atoms. The zero-order valence-electron chi connectivity index (χ0n) is 9.94. The predicted octanol–water partition coefficient (Wildman–Crippen LogP) is 2.51. The van der Waals surface area contributed by atoms with Gasteiger partial charge in [0.2, 0.25) is 0 Å². The molecule has 2 aromatic rings. The zero-order valence-corrected chi connectivity index (χ0v) is 12.3. The molecule has 5 nitrogen and oxygen atoms in total. The first-order valence-corrected chi connectivity index (χ1v) is 7.31. The number of hydrogen-bond donors (Lipinski definition) is 2. The van der Waals surface area contributed by atoms with Crippen LogP contribution < -0.4 is 10.9 Å². The Labute approximate surface area is 122 Å². The van der Waals surface area contributed by atoms with Gasteiger partial charge in [0.1, 0.15) is 5.69 Å². The summed E-state index contributed by atoms with van der Waals surface area (Å²) in [6, 6.07) is 4.82. The number of nitrogens with one attached hydrogen (secondary N) is 2. The fourth-order valence-corrected chi connectivity index (χ4v) is 2.16. The standard InChI is InChI=1S/C12H10BrN3O2S/c1-19-10-4-7(2-3-14-10)11(17)16-9-5-8(13)6-15-12(9)18/h2-6H,1H3,(H,15,18)(H,16,17). The summed E-state index contributed by atoms with van der Waals surface area (Å²) in [7, 11) is 0. The minimum absolute atomic E-state index is 0.196. The molecule has 0 aliphatic rings. The molecule has 0 spiro atoms. The van der Waals surface area contributed by atoms with Gasteiger partial charge in [0.25, 0.3) is 11.5 Å². The third-order valence-electron chi connectivity index (χ3n) is 2.32. The van der Waals surface area contributed by atoms with Gasteiger partial charge in [-0.25, -0.2) is 4.98 Å². The number of amides is 1. The average Bonchev–Trinajstić information content (AvgIpc) is 2.43. The number of hydrogen-bond acceptors (Lipinski definition) is 4. The molecule has 0 aliphatic heterocycles. The topological polar surface area (TPSA) is 74.8 Å². The first kappa shape index (κ1) is 13.8. The van der Waals surface area contributed by atoms with E-state index in [1.807, 2.05) is 6.26 Å². The minimum Gasteiger partial charge on any atom is -0.326 e. The Morgan fingerprint density at radius 1 is 1.47 bits per heavy atom. The third-order valence-corrected chi connectivity index (χ3v) is 3.42. The summed E-state index contributed by atoms with van der Waals surface area (Å²) < 4.78 is 0.682. The van der Waals surface area contributed by atoms with Crippen LogP contribution in [0.1, 0.15) is 10.4 Å². The number of nitrogens with zero attached hydrogens (tertiary/aromatic N) is 1. The molecule has 0 aliphatic carbocycles. The summed E-state index contributed by atoms with van der Waals surface area (Å²) in [5.74, 6) is -0.346. The van der Waals surface area contributed by atoms with Crippen molar-refractivity contribution in [2.45, 2.75) is 5.03 Å². The van der Waals surface area contributed by atoms with Crippen molar-refractivity contribution in [2.75, 3.05) is 11.6 Å². The molecule has 0 atom stereocenters. The molecular formula is C12H10BrN3O2S. The Bertz CT molecular complexity index is 672. The molecule has 0 aromatic carbocycles. The molecule has 7 heteroatoms. The summed E-state index contributed by atoms with van der Waals surface area (Å²) in [6.07, 6.45) is 4.95. The Balaban J connectivity index is 2.25. The van der Waals surface area contributed by atoms with Gasteiger partial charge in [0, 0.05) is 22.4 Å². The average molecular weight is 340 g/mol. The van der Waals surface area contributed by atoms with E-state index >= 15 is 0 Å². The number of thioether (sulfide) groups is 1. The molecule has 2 rings (SSSR count). The minimum atomic E-state index is -0.351. The lowest BCUT2D eigenvalue weighted by Gasteiger charge is -2.05. The molecule has 2 heterocycles. The number of carbonyl (C=O) groups excluding carboxylic acids is 1. The molecule has 0 saturated heterocycles. The van der Waals surface area contributed by atoms with Gasteiger partial charge in [-0.1, -0.05) is 0 Å². The van der Waals surface area contributed by atoms with Gasteiger partial charge < -0.3 is 10.3 Å². The smallest absolute Gasteiger partial charge is 0.271 e. The van der Waals surface area contributed by atoms with Crippen molar-refractivity contribution < 1.29 is 4.79 Å². The summed E-state index contributed by atoms with van der Waals surface area (Å²) >= 11 is 4.68. The van der Waals surface area contributed by atoms with Crippen LogP contribution in [0, 0.1) is 0 Å². The van der Waals surface area contributed by atoms with Crippen LogP contribution in [-0.4, -0.2) is 22.1 Å². The quantitative estimate of drug-likeness (QED) is 0.842. The monoisotopic (exact) mass is 339 g/mol. The van der Waals surface area contributed by atoms with Crippen LogP contribution in [-0.2, 0) is 0 Å². The lowest BCUT2D eigenvalue weighted by Crippen LogP contribution is -2.19.